The number of anilines is 1. The molecule has 0 spiro atoms. The van der Waals surface area contributed by atoms with Gasteiger partial charge in [0.2, 0.25) is 0 Å². The molecule has 0 aromatic carbocycles. The molecule has 1 atom stereocenters. The van der Waals surface area contributed by atoms with Crippen LogP contribution in [-0.4, -0.2) is 29.0 Å². The maximum absolute atomic E-state index is 4.31. The quantitative estimate of drug-likeness (QED) is 0.866. The summed E-state index contributed by atoms with van der Waals surface area (Å²) in [5.74, 6) is 0.995. The van der Waals surface area contributed by atoms with Gasteiger partial charge in [0.1, 0.15) is 5.82 Å². The molecule has 3 heteroatoms. The summed E-state index contributed by atoms with van der Waals surface area (Å²) in [7, 11) is 0. The molecule has 0 radical (unpaired) electrons. The molecular formula is C14H23N3. The Balaban J connectivity index is 1.99. The lowest BCUT2D eigenvalue weighted by Crippen LogP contribution is -2.36. The number of pyridine rings is 1. The molecule has 0 aliphatic carbocycles. The summed E-state index contributed by atoms with van der Waals surface area (Å²) in [5.41, 5.74) is 1.37. The fourth-order valence-corrected chi connectivity index (χ4v) is 2.48. The third-order valence-corrected chi connectivity index (χ3v) is 3.51. The molecule has 1 aliphatic heterocycles. The van der Waals surface area contributed by atoms with E-state index in [1.54, 1.807) is 0 Å². The van der Waals surface area contributed by atoms with E-state index < -0.39 is 0 Å². The minimum atomic E-state index is 0.722. The second kappa shape index (κ2) is 6.01. The molecule has 94 valence electrons. The lowest BCUT2D eigenvalue weighted by Gasteiger charge is -2.33. The summed E-state index contributed by atoms with van der Waals surface area (Å²) >= 11 is 0. The number of nitrogens with one attached hydrogen (secondary N) is 1. The van der Waals surface area contributed by atoms with Crippen molar-refractivity contribution < 1.29 is 0 Å². The Bertz CT molecular complexity index is 351. The van der Waals surface area contributed by atoms with Crippen molar-refractivity contribution in [2.45, 2.75) is 45.7 Å². The minimum absolute atomic E-state index is 0.722. The van der Waals surface area contributed by atoms with Crippen LogP contribution in [0.3, 0.4) is 0 Å². The highest BCUT2D eigenvalue weighted by Gasteiger charge is 2.18. The Labute approximate surface area is 104 Å². The molecule has 1 saturated heterocycles. The molecule has 1 aromatic rings. The van der Waals surface area contributed by atoms with Crippen LogP contribution in [0.5, 0.6) is 0 Å². The smallest absolute Gasteiger partial charge is 0.126 e. The van der Waals surface area contributed by atoms with Crippen LogP contribution in [0.2, 0.25) is 0 Å². The highest BCUT2D eigenvalue weighted by molar-refractivity contribution is 5.37. The molecule has 1 fully saturated rings. The summed E-state index contributed by atoms with van der Waals surface area (Å²) < 4.78 is 0. The lowest BCUT2D eigenvalue weighted by atomic mass is 10.0. The van der Waals surface area contributed by atoms with Gasteiger partial charge in [0.15, 0.2) is 0 Å². The molecule has 1 aliphatic rings. The SMILES string of the molecule is CCNc1cc(CN2CCCCC2C)ccn1. The zero-order valence-electron chi connectivity index (χ0n) is 10.9. The van der Waals surface area contributed by atoms with Crippen molar-refractivity contribution in [3.63, 3.8) is 0 Å². The molecule has 3 nitrogen and oxygen atoms in total. The van der Waals surface area contributed by atoms with Gasteiger partial charge >= 0.3 is 0 Å². The van der Waals surface area contributed by atoms with Crippen LogP contribution in [0.25, 0.3) is 0 Å². The van der Waals surface area contributed by atoms with Crippen LogP contribution >= 0.6 is 0 Å². The molecule has 1 N–H and O–H groups in total. The first-order chi connectivity index (χ1) is 8.29. The lowest BCUT2D eigenvalue weighted by molar-refractivity contribution is 0.152. The monoisotopic (exact) mass is 233 g/mol. The average molecular weight is 233 g/mol. The topological polar surface area (TPSA) is 28.2 Å². The Morgan fingerprint density at radius 1 is 1.47 bits per heavy atom. The zero-order chi connectivity index (χ0) is 12.1. The van der Waals surface area contributed by atoms with Crippen molar-refractivity contribution >= 4 is 5.82 Å². The second-order valence-corrected chi connectivity index (χ2v) is 4.89. The van der Waals surface area contributed by atoms with Crippen molar-refractivity contribution in [1.82, 2.24) is 9.88 Å². The first kappa shape index (κ1) is 12.4. The van der Waals surface area contributed by atoms with Crippen LogP contribution in [0.15, 0.2) is 18.3 Å². The number of aromatic nitrogens is 1. The molecular weight excluding hydrogens is 210 g/mol. The first-order valence-corrected chi connectivity index (χ1v) is 6.72. The van der Waals surface area contributed by atoms with Gasteiger partial charge in [0.05, 0.1) is 0 Å². The number of hydrogen-bond acceptors (Lipinski definition) is 3. The standard InChI is InChI=1S/C14H23N3/c1-3-15-14-10-13(7-8-16-14)11-17-9-5-4-6-12(17)2/h7-8,10,12H,3-6,9,11H2,1-2H3,(H,15,16). The van der Waals surface area contributed by atoms with Crippen LogP contribution in [0.4, 0.5) is 5.82 Å². The van der Waals surface area contributed by atoms with Gasteiger partial charge in [-0.15, -0.1) is 0 Å². The molecule has 0 saturated carbocycles. The number of hydrogen-bond donors (Lipinski definition) is 1. The van der Waals surface area contributed by atoms with Gasteiger partial charge in [0.25, 0.3) is 0 Å². The van der Waals surface area contributed by atoms with Crippen LogP contribution < -0.4 is 5.32 Å². The van der Waals surface area contributed by atoms with Gasteiger partial charge in [0, 0.05) is 25.3 Å². The van der Waals surface area contributed by atoms with Gasteiger partial charge in [-0.1, -0.05) is 6.42 Å². The summed E-state index contributed by atoms with van der Waals surface area (Å²) in [6.07, 6.45) is 5.97. The summed E-state index contributed by atoms with van der Waals surface area (Å²) in [4.78, 5) is 6.89. The molecule has 2 rings (SSSR count). The van der Waals surface area contributed by atoms with E-state index in [1.165, 1.54) is 31.4 Å². The third-order valence-electron chi connectivity index (χ3n) is 3.51. The van der Waals surface area contributed by atoms with Crippen LogP contribution in [0, 0.1) is 0 Å². The van der Waals surface area contributed by atoms with Gasteiger partial charge in [-0.05, 0) is 50.9 Å². The van der Waals surface area contributed by atoms with Gasteiger partial charge in [-0.3, -0.25) is 4.90 Å². The Morgan fingerprint density at radius 3 is 3.12 bits per heavy atom. The number of likely N-dealkylation sites (tertiary alicyclic amines) is 1. The fraction of sp³-hybridized carbons (Fsp3) is 0.643. The average Bonchev–Trinajstić information content (AvgIpc) is 2.33. The van der Waals surface area contributed by atoms with E-state index >= 15 is 0 Å². The number of piperidine rings is 1. The van der Waals surface area contributed by atoms with Crippen molar-refractivity contribution in [3.8, 4) is 0 Å². The third kappa shape index (κ3) is 3.43. The van der Waals surface area contributed by atoms with Gasteiger partial charge < -0.3 is 5.32 Å². The van der Waals surface area contributed by atoms with E-state index in [0.717, 1.165) is 24.9 Å². The normalized spacial score (nSPS) is 21.4. The van der Waals surface area contributed by atoms with E-state index in [2.05, 4.69) is 41.2 Å². The number of nitrogens with zero attached hydrogens (tertiary/aromatic N) is 2. The van der Waals surface area contributed by atoms with Gasteiger partial charge in [-0.25, -0.2) is 4.98 Å². The van der Waals surface area contributed by atoms with Crippen LogP contribution in [0.1, 0.15) is 38.7 Å². The van der Waals surface area contributed by atoms with Crippen LogP contribution in [-0.2, 0) is 6.54 Å². The molecule has 1 unspecified atom stereocenters. The van der Waals surface area contributed by atoms with E-state index in [0.29, 0.717) is 0 Å². The summed E-state index contributed by atoms with van der Waals surface area (Å²) in [6, 6.07) is 5.02. The maximum Gasteiger partial charge on any atom is 0.126 e. The van der Waals surface area contributed by atoms with Crippen molar-refractivity contribution in [2.75, 3.05) is 18.4 Å². The maximum atomic E-state index is 4.31. The van der Waals surface area contributed by atoms with Crippen molar-refractivity contribution in [2.24, 2.45) is 0 Å². The second-order valence-electron chi connectivity index (χ2n) is 4.89. The Hall–Kier alpha value is -1.09. The fourth-order valence-electron chi connectivity index (χ4n) is 2.48. The van der Waals surface area contributed by atoms with E-state index in [1.807, 2.05) is 6.20 Å². The first-order valence-electron chi connectivity index (χ1n) is 6.72. The summed E-state index contributed by atoms with van der Waals surface area (Å²) in [5, 5.41) is 3.27. The number of rotatable bonds is 4. The molecule has 0 bridgehead atoms. The summed E-state index contributed by atoms with van der Waals surface area (Å²) in [6.45, 7) is 7.66. The van der Waals surface area contributed by atoms with E-state index in [-0.39, 0.29) is 0 Å². The minimum Gasteiger partial charge on any atom is -0.370 e. The highest BCUT2D eigenvalue weighted by Crippen LogP contribution is 2.19. The highest BCUT2D eigenvalue weighted by atomic mass is 15.2. The largest absolute Gasteiger partial charge is 0.370 e. The predicted octanol–water partition coefficient (Wildman–Crippen LogP) is 2.89. The molecule has 0 amide bonds. The predicted molar refractivity (Wildman–Crippen MR) is 72.1 cm³/mol. The van der Waals surface area contributed by atoms with Gasteiger partial charge in [-0.2, -0.15) is 0 Å². The molecule has 1 aromatic heterocycles. The van der Waals surface area contributed by atoms with E-state index in [4.69, 9.17) is 0 Å². The van der Waals surface area contributed by atoms with Crippen molar-refractivity contribution in [1.29, 1.82) is 0 Å². The molecule has 2 heterocycles. The van der Waals surface area contributed by atoms with Crippen molar-refractivity contribution in [3.05, 3.63) is 23.9 Å². The molecule has 17 heavy (non-hydrogen) atoms. The Morgan fingerprint density at radius 2 is 2.35 bits per heavy atom. The Kier molecular flexibility index (Phi) is 4.37. The zero-order valence-corrected chi connectivity index (χ0v) is 10.9. The van der Waals surface area contributed by atoms with E-state index in [9.17, 15) is 0 Å².